The summed E-state index contributed by atoms with van der Waals surface area (Å²) >= 11 is 0. The maximum absolute atomic E-state index is 12.9. The first-order valence-electron chi connectivity index (χ1n) is 6.09. The van der Waals surface area contributed by atoms with E-state index in [2.05, 4.69) is 5.32 Å². The molecule has 1 aromatic carbocycles. The third-order valence-electron chi connectivity index (χ3n) is 2.73. The highest BCUT2D eigenvalue weighted by molar-refractivity contribution is 5.83. The second-order valence-corrected chi connectivity index (χ2v) is 4.56. The number of hydrogen-bond donors (Lipinski definition) is 1. The van der Waals surface area contributed by atoms with Crippen LogP contribution in [0.5, 0.6) is 0 Å². The van der Waals surface area contributed by atoms with Gasteiger partial charge in [0.05, 0.1) is 5.92 Å². The van der Waals surface area contributed by atoms with E-state index in [9.17, 15) is 9.18 Å². The Morgan fingerprint density at radius 3 is 2.35 bits per heavy atom. The maximum atomic E-state index is 12.9. The average molecular weight is 237 g/mol. The monoisotopic (exact) mass is 237 g/mol. The van der Waals surface area contributed by atoms with Gasteiger partial charge in [0.2, 0.25) is 5.91 Å². The zero-order valence-electron chi connectivity index (χ0n) is 10.7. The SMILES string of the molecule is CCCNC(=O)C(c1ccc(F)cc1)C(C)C. The molecule has 0 radical (unpaired) electrons. The summed E-state index contributed by atoms with van der Waals surface area (Å²) < 4.78 is 12.9. The summed E-state index contributed by atoms with van der Waals surface area (Å²) in [5.74, 6) is -0.266. The molecule has 0 aliphatic heterocycles. The molecule has 3 heteroatoms. The molecule has 0 spiro atoms. The van der Waals surface area contributed by atoms with Crippen LogP contribution in [0.3, 0.4) is 0 Å². The highest BCUT2D eigenvalue weighted by Gasteiger charge is 2.23. The van der Waals surface area contributed by atoms with Crippen LogP contribution >= 0.6 is 0 Å². The Kier molecular flexibility index (Phi) is 5.13. The fourth-order valence-electron chi connectivity index (χ4n) is 1.87. The minimum absolute atomic E-state index is 0.0217. The Labute approximate surface area is 102 Å². The Balaban J connectivity index is 2.85. The predicted molar refractivity (Wildman–Crippen MR) is 67.3 cm³/mol. The van der Waals surface area contributed by atoms with Crippen molar-refractivity contribution in [2.24, 2.45) is 5.92 Å². The number of rotatable bonds is 5. The average Bonchev–Trinajstić information content (AvgIpc) is 2.29. The molecule has 17 heavy (non-hydrogen) atoms. The first-order chi connectivity index (χ1) is 8.06. The highest BCUT2D eigenvalue weighted by atomic mass is 19.1. The number of amides is 1. The molecular weight excluding hydrogens is 217 g/mol. The predicted octanol–water partition coefficient (Wildman–Crippen LogP) is 3.09. The van der Waals surface area contributed by atoms with Gasteiger partial charge in [-0.1, -0.05) is 32.9 Å². The quantitative estimate of drug-likeness (QED) is 0.837. The van der Waals surface area contributed by atoms with Gasteiger partial charge in [0.1, 0.15) is 5.82 Å². The first-order valence-corrected chi connectivity index (χ1v) is 6.09. The van der Waals surface area contributed by atoms with Gasteiger partial charge in [0.15, 0.2) is 0 Å². The van der Waals surface area contributed by atoms with E-state index in [1.54, 1.807) is 12.1 Å². The molecule has 1 unspecified atom stereocenters. The summed E-state index contributed by atoms with van der Waals surface area (Å²) in [6, 6.07) is 6.17. The van der Waals surface area contributed by atoms with Crippen LogP contribution in [0.1, 0.15) is 38.7 Å². The molecule has 1 amide bonds. The number of benzene rings is 1. The van der Waals surface area contributed by atoms with Crippen LogP contribution < -0.4 is 5.32 Å². The first kappa shape index (κ1) is 13.7. The van der Waals surface area contributed by atoms with Crippen molar-refractivity contribution in [2.75, 3.05) is 6.54 Å². The van der Waals surface area contributed by atoms with Crippen molar-refractivity contribution in [1.29, 1.82) is 0 Å². The van der Waals surface area contributed by atoms with Gasteiger partial charge in [-0.15, -0.1) is 0 Å². The largest absolute Gasteiger partial charge is 0.356 e. The van der Waals surface area contributed by atoms with Crippen LogP contribution in [-0.4, -0.2) is 12.5 Å². The third-order valence-corrected chi connectivity index (χ3v) is 2.73. The van der Waals surface area contributed by atoms with E-state index in [0.717, 1.165) is 12.0 Å². The van der Waals surface area contributed by atoms with E-state index in [-0.39, 0.29) is 23.6 Å². The summed E-state index contributed by atoms with van der Waals surface area (Å²) in [5, 5.41) is 2.89. The van der Waals surface area contributed by atoms with E-state index < -0.39 is 0 Å². The van der Waals surface area contributed by atoms with Gasteiger partial charge >= 0.3 is 0 Å². The molecule has 1 N–H and O–H groups in total. The molecule has 0 aliphatic rings. The molecule has 0 saturated carbocycles. The van der Waals surface area contributed by atoms with Gasteiger partial charge in [0.25, 0.3) is 0 Å². The standard InChI is InChI=1S/C14H20FNO/c1-4-9-16-14(17)13(10(2)3)11-5-7-12(15)8-6-11/h5-8,10,13H,4,9H2,1-3H3,(H,16,17). The topological polar surface area (TPSA) is 29.1 Å². The molecular formula is C14H20FNO. The summed E-state index contributed by atoms with van der Waals surface area (Å²) in [4.78, 5) is 12.0. The van der Waals surface area contributed by atoms with Crippen LogP contribution in [0.25, 0.3) is 0 Å². The third kappa shape index (κ3) is 3.84. The molecule has 0 aromatic heterocycles. The maximum Gasteiger partial charge on any atom is 0.227 e. The lowest BCUT2D eigenvalue weighted by molar-refractivity contribution is -0.123. The van der Waals surface area contributed by atoms with Crippen LogP contribution in [0.2, 0.25) is 0 Å². The second kappa shape index (κ2) is 6.38. The van der Waals surface area contributed by atoms with Gasteiger partial charge in [0, 0.05) is 6.54 Å². The lowest BCUT2D eigenvalue weighted by Gasteiger charge is -2.20. The van der Waals surface area contributed by atoms with Gasteiger partial charge in [-0.25, -0.2) is 4.39 Å². The number of carbonyl (C=O) groups excluding carboxylic acids is 1. The fraction of sp³-hybridized carbons (Fsp3) is 0.500. The number of halogens is 1. The normalized spacial score (nSPS) is 12.5. The minimum atomic E-state index is -0.273. The summed E-state index contributed by atoms with van der Waals surface area (Å²) in [6.45, 7) is 6.70. The number of carbonyl (C=O) groups is 1. The lowest BCUT2D eigenvalue weighted by atomic mass is 9.87. The van der Waals surface area contributed by atoms with Crippen LogP contribution in [0.4, 0.5) is 4.39 Å². The zero-order valence-corrected chi connectivity index (χ0v) is 10.7. The van der Waals surface area contributed by atoms with E-state index in [1.807, 2.05) is 20.8 Å². The van der Waals surface area contributed by atoms with E-state index in [0.29, 0.717) is 6.54 Å². The second-order valence-electron chi connectivity index (χ2n) is 4.56. The summed E-state index contributed by atoms with van der Waals surface area (Å²) in [5.41, 5.74) is 0.870. The molecule has 1 rings (SSSR count). The Morgan fingerprint density at radius 2 is 1.88 bits per heavy atom. The summed E-state index contributed by atoms with van der Waals surface area (Å²) in [6.07, 6.45) is 0.917. The van der Waals surface area contributed by atoms with Crippen molar-refractivity contribution in [3.05, 3.63) is 35.6 Å². The molecule has 94 valence electrons. The molecule has 0 bridgehead atoms. The van der Waals surface area contributed by atoms with Crippen LogP contribution in [0.15, 0.2) is 24.3 Å². The van der Waals surface area contributed by atoms with Gasteiger partial charge < -0.3 is 5.32 Å². The van der Waals surface area contributed by atoms with Crippen molar-refractivity contribution < 1.29 is 9.18 Å². The Morgan fingerprint density at radius 1 is 1.29 bits per heavy atom. The smallest absolute Gasteiger partial charge is 0.227 e. The van der Waals surface area contributed by atoms with E-state index in [4.69, 9.17) is 0 Å². The fourth-order valence-corrected chi connectivity index (χ4v) is 1.87. The van der Waals surface area contributed by atoms with Gasteiger partial charge in [-0.05, 0) is 30.0 Å². The van der Waals surface area contributed by atoms with Crippen LogP contribution in [-0.2, 0) is 4.79 Å². The molecule has 1 aromatic rings. The van der Waals surface area contributed by atoms with Crippen molar-refractivity contribution >= 4 is 5.91 Å². The molecule has 0 saturated heterocycles. The van der Waals surface area contributed by atoms with Crippen molar-refractivity contribution in [3.8, 4) is 0 Å². The summed E-state index contributed by atoms with van der Waals surface area (Å²) in [7, 11) is 0. The van der Waals surface area contributed by atoms with Gasteiger partial charge in [-0.2, -0.15) is 0 Å². The molecule has 2 nitrogen and oxygen atoms in total. The number of nitrogens with one attached hydrogen (secondary N) is 1. The Bertz CT molecular complexity index is 359. The molecule has 1 atom stereocenters. The van der Waals surface area contributed by atoms with Crippen LogP contribution in [0, 0.1) is 11.7 Å². The molecule has 0 fully saturated rings. The van der Waals surface area contributed by atoms with Gasteiger partial charge in [-0.3, -0.25) is 4.79 Å². The lowest BCUT2D eigenvalue weighted by Crippen LogP contribution is -2.32. The highest BCUT2D eigenvalue weighted by Crippen LogP contribution is 2.24. The van der Waals surface area contributed by atoms with Crippen molar-refractivity contribution in [2.45, 2.75) is 33.1 Å². The zero-order chi connectivity index (χ0) is 12.8. The number of hydrogen-bond acceptors (Lipinski definition) is 1. The van der Waals surface area contributed by atoms with Crippen molar-refractivity contribution in [1.82, 2.24) is 5.32 Å². The Hall–Kier alpha value is -1.38. The molecule has 0 aliphatic carbocycles. The van der Waals surface area contributed by atoms with E-state index in [1.165, 1.54) is 12.1 Å². The minimum Gasteiger partial charge on any atom is -0.356 e. The van der Waals surface area contributed by atoms with E-state index >= 15 is 0 Å². The molecule has 0 heterocycles. The van der Waals surface area contributed by atoms with Crippen molar-refractivity contribution in [3.63, 3.8) is 0 Å².